The van der Waals surface area contributed by atoms with Crippen molar-refractivity contribution >= 4 is 23.5 Å². The first-order chi connectivity index (χ1) is 12.9. The number of alkyl halides is 1. The number of nitrogens with zero attached hydrogens (tertiary/aromatic N) is 5. The number of carbonyl (C=O) groups excluding carboxylic acids is 2. The van der Waals surface area contributed by atoms with Gasteiger partial charge in [0.1, 0.15) is 11.5 Å². The predicted octanol–water partition coefficient (Wildman–Crippen LogP) is 1.37. The molecule has 7 nitrogen and oxygen atoms in total. The molecule has 142 valence electrons. The lowest BCUT2D eigenvalue weighted by Crippen LogP contribution is -2.51. The molecule has 2 fully saturated rings. The normalized spacial score (nSPS) is 23.2. The summed E-state index contributed by atoms with van der Waals surface area (Å²) < 4.78 is 27.3. The van der Waals surface area contributed by atoms with Crippen LogP contribution in [0.4, 0.5) is 8.78 Å². The number of hydrogen-bond donors (Lipinski definition) is 0. The number of pyridine rings is 1. The number of carbonyl (C=O) groups is 2. The summed E-state index contributed by atoms with van der Waals surface area (Å²) >= 11 is 0. The Morgan fingerprint density at radius 2 is 1.89 bits per heavy atom. The third-order valence-corrected chi connectivity index (χ3v) is 5.03. The minimum Gasteiger partial charge on any atom is -0.337 e. The molecule has 1 saturated heterocycles. The maximum Gasteiger partial charge on any atom is 0.289 e. The fraction of sp³-hybridized carbons (Fsp3) is 0.500. The summed E-state index contributed by atoms with van der Waals surface area (Å²) in [6.45, 7) is 3.21. The smallest absolute Gasteiger partial charge is 0.289 e. The molecule has 9 heteroatoms. The van der Waals surface area contributed by atoms with Gasteiger partial charge in [0.15, 0.2) is 0 Å². The molecule has 2 aliphatic heterocycles. The molecule has 3 aliphatic rings. The van der Waals surface area contributed by atoms with Crippen molar-refractivity contribution in [3.05, 3.63) is 29.3 Å². The molecule has 1 aromatic heterocycles. The first-order valence-electron chi connectivity index (χ1n) is 8.95. The van der Waals surface area contributed by atoms with Crippen molar-refractivity contribution in [3.63, 3.8) is 0 Å². The van der Waals surface area contributed by atoms with Crippen LogP contribution in [-0.4, -0.2) is 70.6 Å². The van der Waals surface area contributed by atoms with E-state index >= 15 is 0 Å². The van der Waals surface area contributed by atoms with Crippen molar-refractivity contribution in [2.45, 2.75) is 25.9 Å². The predicted molar refractivity (Wildman–Crippen MR) is 93.9 cm³/mol. The molecule has 1 unspecified atom stereocenters. The molecule has 1 aliphatic carbocycles. The van der Waals surface area contributed by atoms with E-state index in [0.29, 0.717) is 31.7 Å². The van der Waals surface area contributed by atoms with E-state index in [0.717, 1.165) is 19.0 Å². The average molecular weight is 375 g/mol. The Labute approximate surface area is 154 Å². The van der Waals surface area contributed by atoms with E-state index in [1.165, 1.54) is 6.07 Å². The van der Waals surface area contributed by atoms with Gasteiger partial charge in [-0.3, -0.25) is 9.59 Å². The molecule has 27 heavy (non-hydrogen) atoms. The Bertz CT molecular complexity index is 857. The highest BCUT2D eigenvalue weighted by atomic mass is 19.1. The molecule has 2 amide bonds. The maximum atomic E-state index is 14.0. The Morgan fingerprint density at radius 1 is 1.19 bits per heavy atom. The number of aromatic nitrogens is 1. The zero-order chi connectivity index (χ0) is 19.1. The van der Waals surface area contributed by atoms with Crippen LogP contribution in [0.15, 0.2) is 22.2 Å². The van der Waals surface area contributed by atoms with Crippen molar-refractivity contribution in [1.82, 2.24) is 14.8 Å². The monoisotopic (exact) mass is 375 g/mol. The molecule has 0 N–H and O–H groups in total. The van der Waals surface area contributed by atoms with Gasteiger partial charge in [0.05, 0.1) is 11.9 Å². The first-order valence-corrected chi connectivity index (χ1v) is 8.95. The molecular formula is C18H19F2N5O2. The minimum atomic E-state index is -1.73. The first kappa shape index (κ1) is 17.7. The molecule has 1 aromatic rings. The molecule has 0 bridgehead atoms. The van der Waals surface area contributed by atoms with Gasteiger partial charge in [-0.2, -0.15) is 4.99 Å². The largest absolute Gasteiger partial charge is 0.337 e. The summed E-state index contributed by atoms with van der Waals surface area (Å²) in [5.41, 5.74) is 0.848. The molecule has 0 aromatic carbocycles. The highest BCUT2D eigenvalue weighted by Crippen LogP contribution is 2.34. The molecule has 0 radical (unpaired) electrons. The van der Waals surface area contributed by atoms with Crippen molar-refractivity contribution in [1.29, 1.82) is 0 Å². The van der Waals surface area contributed by atoms with Crippen molar-refractivity contribution in [3.8, 4) is 0 Å². The number of rotatable bonds is 2. The number of halogens is 2. The Hall–Kier alpha value is -2.71. The lowest BCUT2D eigenvalue weighted by atomic mass is 10.1. The molecule has 4 rings (SSSR count). The van der Waals surface area contributed by atoms with Crippen molar-refractivity contribution < 1.29 is 18.4 Å². The van der Waals surface area contributed by atoms with Gasteiger partial charge in [-0.25, -0.2) is 18.8 Å². The van der Waals surface area contributed by atoms with Gasteiger partial charge in [-0.15, -0.1) is 0 Å². The van der Waals surface area contributed by atoms with Crippen LogP contribution in [-0.2, 0) is 4.79 Å². The van der Waals surface area contributed by atoms with E-state index < -0.39 is 17.9 Å². The average Bonchev–Trinajstić information content (AvgIpc) is 3.51. The van der Waals surface area contributed by atoms with E-state index in [1.54, 1.807) is 16.7 Å². The minimum absolute atomic E-state index is 0.0464. The standard InChI is InChI=1S/C18H19F2N5O2/c1-10-8-13(21-9-12(10)19)17(27)24-4-6-25(7-5-24)18-22-15(11-2-3-11)14(20)16(26)23-18/h8-9,11,14H,2-7H2,1H3. The molecule has 3 heterocycles. The summed E-state index contributed by atoms with van der Waals surface area (Å²) in [7, 11) is 0. The van der Waals surface area contributed by atoms with Crippen LogP contribution in [0.2, 0.25) is 0 Å². The Balaban J connectivity index is 1.43. The van der Waals surface area contributed by atoms with Gasteiger partial charge in [0.25, 0.3) is 11.8 Å². The third kappa shape index (κ3) is 3.45. The van der Waals surface area contributed by atoms with Gasteiger partial charge in [-0.05, 0) is 31.4 Å². The second-order valence-corrected chi connectivity index (χ2v) is 7.02. The summed E-state index contributed by atoms with van der Waals surface area (Å²) in [4.78, 5) is 39.7. The zero-order valence-corrected chi connectivity index (χ0v) is 14.9. The fourth-order valence-corrected chi connectivity index (χ4v) is 3.23. The van der Waals surface area contributed by atoms with Gasteiger partial charge < -0.3 is 9.80 Å². The highest BCUT2D eigenvalue weighted by molar-refractivity contribution is 6.18. The zero-order valence-electron chi connectivity index (χ0n) is 14.9. The number of aliphatic imine (C=N–C) groups is 2. The van der Waals surface area contributed by atoms with Crippen LogP contribution in [0.1, 0.15) is 28.9 Å². The van der Waals surface area contributed by atoms with Crippen LogP contribution in [0.3, 0.4) is 0 Å². The number of guanidine groups is 1. The summed E-state index contributed by atoms with van der Waals surface area (Å²) in [6.07, 6.45) is 1.03. The topological polar surface area (TPSA) is 78.2 Å². The van der Waals surface area contributed by atoms with E-state index in [9.17, 15) is 18.4 Å². The van der Waals surface area contributed by atoms with Gasteiger partial charge in [0, 0.05) is 32.1 Å². The summed E-state index contributed by atoms with van der Waals surface area (Å²) in [5.74, 6) is -1.24. The lowest BCUT2D eigenvalue weighted by Gasteiger charge is -2.35. The number of piperazine rings is 1. The second-order valence-electron chi connectivity index (χ2n) is 7.02. The van der Waals surface area contributed by atoms with Gasteiger partial charge in [-0.1, -0.05) is 0 Å². The van der Waals surface area contributed by atoms with Gasteiger partial charge >= 0.3 is 0 Å². The van der Waals surface area contributed by atoms with Crippen LogP contribution in [0.5, 0.6) is 0 Å². The highest BCUT2D eigenvalue weighted by Gasteiger charge is 2.40. The second kappa shape index (κ2) is 6.79. The van der Waals surface area contributed by atoms with Crippen LogP contribution < -0.4 is 0 Å². The quantitative estimate of drug-likeness (QED) is 0.782. The molecule has 1 atom stereocenters. The van der Waals surface area contributed by atoms with E-state index in [-0.39, 0.29) is 29.2 Å². The fourth-order valence-electron chi connectivity index (χ4n) is 3.23. The molecule has 0 spiro atoms. The summed E-state index contributed by atoms with van der Waals surface area (Å²) in [6, 6.07) is 1.43. The van der Waals surface area contributed by atoms with Crippen LogP contribution in [0, 0.1) is 18.7 Å². The third-order valence-electron chi connectivity index (χ3n) is 5.03. The Morgan fingerprint density at radius 3 is 2.52 bits per heavy atom. The van der Waals surface area contributed by atoms with Crippen LogP contribution >= 0.6 is 0 Å². The SMILES string of the molecule is Cc1cc(C(=O)N2CCN(C3=NC(=O)C(F)C(C4CC4)=N3)CC2)ncc1F. The molecular weight excluding hydrogens is 356 g/mol. The number of amides is 2. The number of aryl methyl sites for hydroxylation is 1. The summed E-state index contributed by atoms with van der Waals surface area (Å²) in [5, 5.41) is 0. The molecule has 1 saturated carbocycles. The van der Waals surface area contributed by atoms with E-state index in [4.69, 9.17) is 0 Å². The van der Waals surface area contributed by atoms with E-state index in [1.807, 2.05) is 0 Å². The lowest BCUT2D eigenvalue weighted by molar-refractivity contribution is -0.120. The van der Waals surface area contributed by atoms with E-state index in [2.05, 4.69) is 15.0 Å². The van der Waals surface area contributed by atoms with Crippen molar-refractivity contribution in [2.75, 3.05) is 26.2 Å². The van der Waals surface area contributed by atoms with Crippen molar-refractivity contribution in [2.24, 2.45) is 15.9 Å². The number of hydrogen-bond acceptors (Lipinski definition) is 5. The Kier molecular flexibility index (Phi) is 4.45. The van der Waals surface area contributed by atoms with Crippen LogP contribution in [0.25, 0.3) is 0 Å². The maximum absolute atomic E-state index is 14.0. The van der Waals surface area contributed by atoms with Gasteiger partial charge in [0.2, 0.25) is 12.1 Å².